The van der Waals surface area contributed by atoms with Crippen molar-refractivity contribution in [2.24, 2.45) is 5.92 Å². The third kappa shape index (κ3) is 4.52. The highest BCUT2D eigenvalue weighted by Gasteiger charge is 2.41. The summed E-state index contributed by atoms with van der Waals surface area (Å²) in [5.41, 5.74) is 0.473. The van der Waals surface area contributed by atoms with Crippen LogP contribution in [0.25, 0.3) is 0 Å². The lowest BCUT2D eigenvalue weighted by atomic mass is 9.86. The minimum Gasteiger partial charge on any atom is -0.335 e. The molecule has 1 saturated carbocycles. The molecule has 0 atom stereocenters. The number of benzene rings is 1. The third-order valence-electron chi connectivity index (χ3n) is 3.65. The lowest BCUT2D eigenvalue weighted by Gasteiger charge is -2.30. The van der Waals surface area contributed by atoms with Gasteiger partial charge in [0, 0.05) is 6.04 Å². The molecule has 2 amide bonds. The molecule has 0 aromatic heterocycles. The Kier molecular flexibility index (Phi) is 4.98. The summed E-state index contributed by atoms with van der Waals surface area (Å²) in [6.45, 7) is 0. The molecular formula is C14H16ClF3N2O. The van der Waals surface area contributed by atoms with Crippen molar-refractivity contribution in [3.63, 3.8) is 0 Å². The minimum absolute atomic E-state index is 0.0561. The minimum atomic E-state index is -4.13. The number of alkyl halides is 3. The molecule has 1 aromatic carbocycles. The standard InChI is InChI=1S/C14H16ClF3N2O/c15-11-3-1-2-4-12(11)20-13(21)19-10-7-5-9(6-8-10)14(16,17)18/h1-4,9-10H,5-8H2,(H2,19,20,21). The summed E-state index contributed by atoms with van der Waals surface area (Å²) >= 11 is 5.91. The van der Waals surface area contributed by atoms with Crippen molar-refractivity contribution >= 4 is 23.3 Å². The smallest absolute Gasteiger partial charge is 0.335 e. The van der Waals surface area contributed by atoms with Gasteiger partial charge in [-0.15, -0.1) is 0 Å². The maximum absolute atomic E-state index is 12.5. The van der Waals surface area contributed by atoms with Gasteiger partial charge in [-0.05, 0) is 37.8 Å². The molecule has 0 aliphatic heterocycles. The van der Waals surface area contributed by atoms with E-state index in [1.807, 2.05) is 0 Å². The van der Waals surface area contributed by atoms with Gasteiger partial charge in [-0.3, -0.25) is 0 Å². The van der Waals surface area contributed by atoms with Crippen molar-refractivity contribution < 1.29 is 18.0 Å². The average Bonchev–Trinajstić information content (AvgIpc) is 2.41. The number of nitrogens with one attached hydrogen (secondary N) is 2. The fourth-order valence-corrected chi connectivity index (χ4v) is 2.65. The summed E-state index contributed by atoms with van der Waals surface area (Å²) in [5, 5.41) is 5.70. The van der Waals surface area contributed by atoms with Gasteiger partial charge in [0.1, 0.15) is 0 Å². The zero-order valence-electron chi connectivity index (χ0n) is 11.2. The molecule has 1 fully saturated rings. The van der Waals surface area contributed by atoms with Gasteiger partial charge in [-0.25, -0.2) is 4.79 Å². The first-order chi connectivity index (χ1) is 9.86. The Bertz CT molecular complexity index is 499. The Balaban J connectivity index is 1.81. The van der Waals surface area contributed by atoms with Crippen LogP contribution in [0.1, 0.15) is 25.7 Å². The van der Waals surface area contributed by atoms with Gasteiger partial charge in [0.15, 0.2) is 0 Å². The Morgan fingerprint density at radius 2 is 1.76 bits per heavy atom. The molecule has 3 nitrogen and oxygen atoms in total. The van der Waals surface area contributed by atoms with Crippen LogP contribution >= 0.6 is 11.6 Å². The summed E-state index contributed by atoms with van der Waals surface area (Å²) in [7, 11) is 0. The van der Waals surface area contributed by atoms with Gasteiger partial charge < -0.3 is 10.6 Å². The molecule has 21 heavy (non-hydrogen) atoms. The number of urea groups is 1. The molecule has 1 aliphatic rings. The van der Waals surface area contributed by atoms with Gasteiger partial charge in [0.2, 0.25) is 0 Å². The summed E-state index contributed by atoms with van der Waals surface area (Å²) in [6.07, 6.45) is -3.36. The SMILES string of the molecule is O=C(Nc1ccccc1Cl)NC1CCC(C(F)(F)F)CC1. The average molecular weight is 321 g/mol. The lowest BCUT2D eigenvalue weighted by Crippen LogP contribution is -2.41. The molecule has 1 aliphatic carbocycles. The monoisotopic (exact) mass is 320 g/mol. The summed E-state index contributed by atoms with van der Waals surface area (Å²) in [4.78, 5) is 11.8. The van der Waals surface area contributed by atoms with Crippen molar-refractivity contribution in [2.45, 2.75) is 37.9 Å². The van der Waals surface area contributed by atoms with Crippen LogP contribution in [-0.4, -0.2) is 18.2 Å². The van der Waals surface area contributed by atoms with E-state index in [-0.39, 0.29) is 18.9 Å². The number of carbonyl (C=O) groups is 1. The fraction of sp³-hybridized carbons (Fsp3) is 0.500. The summed E-state index contributed by atoms with van der Waals surface area (Å²) in [5.74, 6) is -1.25. The van der Waals surface area contributed by atoms with Crippen LogP contribution in [0.2, 0.25) is 5.02 Å². The molecule has 0 unspecified atom stereocenters. The van der Waals surface area contributed by atoms with E-state index in [4.69, 9.17) is 11.6 Å². The molecule has 7 heteroatoms. The van der Waals surface area contributed by atoms with Crippen LogP contribution in [0.5, 0.6) is 0 Å². The highest BCUT2D eigenvalue weighted by molar-refractivity contribution is 6.33. The molecule has 0 saturated heterocycles. The van der Waals surface area contributed by atoms with Crippen LogP contribution < -0.4 is 10.6 Å². The van der Waals surface area contributed by atoms with Gasteiger partial charge in [-0.2, -0.15) is 13.2 Å². The van der Waals surface area contributed by atoms with E-state index in [0.29, 0.717) is 23.6 Å². The summed E-state index contributed by atoms with van der Waals surface area (Å²) < 4.78 is 37.6. The van der Waals surface area contributed by atoms with E-state index in [2.05, 4.69) is 10.6 Å². The van der Waals surface area contributed by atoms with E-state index < -0.39 is 18.1 Å². The van der Waals surface area contributed by atoms with Crippen LogP contribution in [0, 0.1) is 5.92 Å². The maximum Gasteiger partial charge on any atom is 0.391 e. The highest BCUT2D eigenvalue weighted by atomic mass is 35.5. The molecule has 0 heterocycles. The first kappa shape index (κ1) is 15.9. The number of carbonyl (C=O) groups excluding carboxylic acids is 1. The van der Waals surface area contributed by atoms with Gasteiger partial charge in [0.05, 0.1) is 16.6 Å². The van der Waals surface area contributed by atoms with Crippen molar-refractivity contribution in [3.05, 3.63) is 29.3 Å². The molecule has 2 N–H and O–H groups in total. The highest BCUT2D eigenvalue weighted by Crippen LogP contribution is 2.37. The van der Waals surface area contributed by atoms with Crippen molar-refractivity contribution in [1.82, 2.24) is 5.32 Å². The fourth-order valence-electron chi connectivity index (χ4n) is 2.47. The Morgan fingerprint density at radius 3 is 2.33 bits per heavy atom. The molecular weight excluding hydrogens is 305 g/mol. The van der Waals surface area contributed by atoms with Crippen LogP contribution in [0.4, 0.5) is 23.7 Å². The number of hydrogen-bond donors (Lipinski definition) is 2. The lowest BCUT2D eigenvalue weighted by molar-refractivity contribution is -0.182. The van der Waals surface area contributed by atoms with Gasteiger partial charge >= 0.3 is 12.2 Å². The topological polar surface area (TPSA) is 41.1 Å². The zero-order valence-corrected chi connectivity index (χ0v) is 12.0. The van der Waals surface area contributed by atoms with E-state index in [9.17, 15) is 18.0 Å². The van der Waals surface area contributed by atoms with E-state index in [0.717, 1.165) is 0 Å². The quantitative estimate of drug-likeness (QED) is 0.822. The second-order valence-electron chi connectivity index (χ2n) is 5.17. The largest absolute Gasteiger partial charge is 0.391 e. The zero-order chi connectivity index (χ0) is 15.5. The maximum atomic E-state index is 12.5. The Labute approximate surface area is 125 Å². The first-order valence-electron chi connectivity index (χ1n) is 6.75. The van der Waals surface area contributed by atoms with Crippen molar-refractivity contribution in [1.29, 1.82) is 0 Å². The second kappa shape index (κ2) is 6.56. The molecule has 0 spiro atoms. The molecule has 116 valence electrons. The number of rotatable bonds is 2. The van der Waals surface area contributed by atoms with Crippen molar-refractivity contribution in [3.8, 4) is 0 Å². The van der Waals surface area contributed by atoms with Crippen LogP contribution in [0.15, 0.2) is 24.3 Å². The second-order valence-corrected chi connectivity index (χ2v) is 5.58. The Morgan fingerprint density at radius 1 is 1.14 bits per heavy atom. The van der Waals surface area contributed by atoms with E-state index >= 15 is 0 Å². The summed E-state index contributed by atoms with van der Waals surface area (Å²) in [6, 6.07) is 6.10. The van der Waals surface area contributed by atoms with Gasteiger partial charge in [0.25, 0.3) is 0 Å². The van der Waals surface area contributed by atoms with Crippen LogP contribution in [-0.2, 0) is 0 Å². The number of amides is 2. The molecule has 0 radical (unpaired) electrons. The van der Waals surface area contributed by atoms with Crippen LogP contribution in [0.3, 0.4) is 0 Å². The van der Waals surface area contributed by atoms with E-state index in [1.54, 1.807) is 24.3 Å². The van der Waals surface area contributed by atoms with Crippen molar-refractivity contribution in [2.75, 3.05) is 5.32 Å². The van der Waals surface area contributed by atoms with E-state index in [1.165, 1.54) is 0 Å². The number of hydrogen-bond acceptors (Lipinski definition) is 1. The molecule has 2 rings (SSSR count). The number of anilines is 1. The van der Waals surface area contributed by atoms with Gasteiger partial charge in [-0.1, -0.05) is 23.7 Å². The first-order valence-corrected chi connectivity index (χ1v) is 7.13. The Hall–Kier alpha value is -1.43. The molecule has 0 bridgehead atoms. The molecule has 1 aromatic rings. The predicted octanol–water partition coefficient (Wildman–Crippen LogP) is 4.58. The predicted molar refractivity (Wildman–Crippen MR) is 75.4 cm³/mol. The number of para-hydroxylation sites is 1. The number of halogens is 4. The normalized spacial score (nSPS) is 22.7. The third-order valence-corrected chi connectivity index (χ3v) is 3.98.